The van der Waals surface area contributed by atoms with Crippen molar-refractivity contribution in [3.63, 3.8) is 0 Å². The maximum atomic E-state index is 5.86. The molecule has 1 N–H and O–H groups in total. The summed E-state index contributed by atoms with van der Waals surface area (Å²) in [7, 11) is 1.95. The van der Waals surface area contributed by atoms with E-state index in [1.54, 1.807) is 0 Å². The Morgan fingerprint density at radius 2 is 2.11 bits per heavy atom. The van der Waals surface area contributed by atoms with Gasteiger partial charge >= 0.3 is 0 Å². The van der Waals surface area contributed by atoms with Gasteiger partial charge in [-0.2, -0.15) is 0 Å². The lowest BCUT2D eigenvalue weighted by molar-refractivity contribution is 0.171. The van der Waals surface area contributed by atoms with Crippen LogP contribution in [0.1, 0.15) is 50.5 Å². The zero-order valence-corrected chi connectivity index (χ0v) is 11.7. The van der Waals surface area contributed by atoms with Crippen molar-refractivity contribution in [1.29, 1.82) is 0 Å². The van der Waals surface area contributed by atoms with Gasteiger partial charge in [-0.25, -0.2) is 0 Å². The van der Waals surface area contributed by atoms with Gasteiger partial charge in [0.05, 0.1) is 13.1 Å². The first-order valence-electron chi connectivity index (χ1n) is 7.29. The highest BCUT2D eigenvalue weighted by Gasteiger charge is 2.20. The Bertz CT molecular complexity index is 348. The van der Waals surface area contributed by atoms with Crippen LogP contribution in [0.3, 0.4) is 0 Å². The molecule has 0 aromatic carbocycles. The number of furan rings is 1. The molecule has 1 aliphatic rings. The van der Waals surface area contributed by atoms with Gasteiger partial charge in [0.15, 0.2) is 0 Å². The van der Waals surface area contributed by atoms with E-state index in [2.05, 4.69) is 29.3 Å². The molecule has 0 aliphatic carbocycles. The molecule has 3 heteroatoms. The minimum absolute atomic E-state index is 0.741. The Hall–Kier alpha value is -0.800. The standard InChI is InChI=1S/C15H26N2O/c1-3-13-7-5-4-6-10-17(13)12-15-9-8-14(18-15)11-16-2/h8-9,13,16H,3-7,10-12H2,1-2H3. The van der Waals surface area contributed by atoms with Crippen LogP contribution in [-0.2, 0) is 13.1 Å². The molecule has 0 amide bonds. The molecule has 1 fully saturated rings. The minimum Gasteiger partial charge on any atom is -0.463 e. The van der Waals surface area contributed by atoms with Gasteiger partial charge in [-0.15, -0.1) is 0 Å². The zero-order chi connectivity index (χ0) is 12.8. The molecule has 0 radical (unpaired) electrons. The molecule has 2 rings (SSSR count). The van der Waals surface area contributed by atoms with Crippen LogP contribution in [0.4, 0.5) is 0 Å². The number of rotatable bonds is 5. The predicted octanol–water partition coefficient (Wildman–Crippen LogP) is 3.15. The Balaban J connectivity index is 1.96. The van der Waals surface area contributed by atoms with Crippen LogP contribution in [0.5, 0.6) is 0 Å². The summed E-state index contributed by atoms with van der Waals surface area (Å²) in [6.07, 6.45) is 6.71. The van der Waals surface area contributed by atoms with E-state index in [1.165, 1.54) is 38.6 Å². The van der Waals surface area contributed by atoms with E-state index in [9.17, 15) is 0 Å². The topological polar surface area (TPSA) is 28.4 Å². The van der Waals surface area contributed by atoms with E-state index >= 15 is 0 Å². The van der Waals surface area contributed by atoms with Crippen molar-refractivity contribution in [2.45, 2.75) is 58.2 Å². The first kappa shape index (κ1) is 13.6. The predicted molar refractivity (Wildman–Crippen MR) is 74.4 cm³/mol. The van der Waals surface area contributed by atoms with Crippen molar-refractivity contribution < 1.29 is 4.42 Å². The lowest BCUT2D eigenvalue weighted by atomic mass is 10.1. The SMILES string of the molecule is CCC1CCCCCN1Cc1ccc(CNC)o1. The lowest BCUT2D eigenvalue weighted by Gasteiger charge is -2.28. The second-order valence-corrected chi connectivity index (χ2v) is 5.28. The highest BCUT2D eigenvalue weighted by Crippen LogP contribution is 2.22. The Morgan fingerprint density at radius 1 is 1.28 bits per heavy atom. The van der Waals surface area contributed by atoms with Gasteiger partial charge in [0.25, 0.3) is 0 Å². The summed E-state index contributed by atoms with van der Waals surface area (Å²) >= 11 is 0. The molecule has 18 heavy (non-hydrogen) atoms. The number of likely N-dealkylation sites (tertiary alicyclic amines) is 1. The minimum atomic E-state index is 0.741. The van der Waals surface area contributed by atoms with E-state index < -0.39 is 0 Å². The van der Waals surface area contributed by atoms with Crippen molar-refractivity contribution >= 4 is 0 Å². The van der Waals surface area contributed by atoms with Crippen LogP contribution in [-0.4, -0.2) is 24.5 Å². The van der Waals surface area contributed by atoms with Crippen LogP contribution in [0.2, 0.25) is 0 Å². The van der Waals surface area contributed by atoms with Crippen LogP contribution in [0.25, 0.3) is 0 Å². The summed E-state index contributed by atoms with van der Waals surface area (Å²) in [6.45, 7) is 5.32. The average molecular weight is 250 g/mol. The van der Waals surface area contributed by atoms with Crippen LogP contribution >= 0.6 is 0 Å². The smallest absolute Gasteiger partial charge is 0.118 e. The van der Waals surface area contributed by atoms with Crippen LogP contribution in [0.15, 0.2) is 16.5 Å². The number of hydrogen-bond acceptors (Lipinski definition) is 3. The van der Waals surface area contributed by atoms with Gasteiger partial charge < -0.3 is 9.73 Å². The molecular weight excluding hydrogens is 224 g/mol. The zero-order valence-electron chi connectivity index (χ0n) is 11.7. The quantitative estimate of drug-likeness (QED) is 0.870. The Labute approximate surface area is 111 Å². The second kappa shape index (κ2) is 6.95. The van der Waals surface area contributed by atoms with Gasteiger partial charge in [-0.05, 0) is 45.0 Å². The van der Waals surface area contributed by atoms with Crippen molar-refractivity contribution in [2.24, 2.45) is 0 Å². The third-order valence-corrected chi connectivity index (χ3v) is 3.90. The van der Waals surface area contributed by atoms with E-state index in [4.69, 9.17) is 4.42 Å². The fourth-order valence-electron chi connectivity index (χ4n) is 2.88. The van der Waals surface area contributed by atoms with Gasteiger partial charge in [-0.3, -0.25) is 4.90 Å². The Kier molecular flexibility index (Phi) is 5.26. The van der Waals surface area contributed by atoms with Gasteiger partial charge in [0.2, 0.25) is 0 Å². The normalized spacial score (nSPS) is 22.0. The third-order valence-electron chi connectivity index (χ3n) is 3.90. The summed E-state index contributed by atoms with van der Waals surface area (Å²) in [4.78, 5) is 2.61. The summed E-state index contributed by atoms with van der Waals surface area (Å²) in [6, 6.07) is 4.96. The summed E-state index contributed by atoms with van der Waals surface area (Å²) in [5.41, 5.74) is 0. The molecule has 1 aliphatic heterocycles. The molecule has 1 aromatic heterocycles. The first-order valence-corrected chi connectivity index (χ1v) is 7.29. The lowest BCUT2D eigenvalue weighted by Crippen LogP contribution is -2.33. The van der Waals surface area contributed by atoms with Gasteiger partial charge in [0.1, 0.15) is 11.5 Å². The Morgan fingerprint density at radius 3 is 2.89 bits per heavy atom. The number of nitrogens with zero attached hydrogens (tertiary/aromatic N) is 1. The van der Waals surface area contributed by atoms with E-state index in [0.29, 0.717) is 0 Å². The molecular formula is C15H26N2O. The molecule has 1 unspecified atom stereocenters. The van der Waals surface area contributed by atoms with E-state index in [1.807, 2.05) is 7.05 Å². The summed E-state index contributed by atoms with van der Waals surface area (Å²) in [5, 5.41) is 3.12. The van der Waals surface area contributed by atoms with Gasteiger partial charge in [-0.1, -0.05) is 19.8 Å². The van der Waals surface area contributed by atoms with Crippen molar-refractivity contribution in [3.05, 3.63) is 23.7 Å². The molecule has 1 saturated heterocycles. The number of nitrogens with one attached hydrogen (secondary N) is 1. The molecule has 0 bridgehead atoms. The van der Waals surface area contributed by atoms with Crippen LogP contribution < -0.4 is 5.32 Å². The van der Waals surface area contributed by atoms with E-state index in [0.717, 1.165) is 30.7 Å². The maximum Gasteiger partial charge on any atom is 0.118 e. The summed E-state index contributed by atoms with van der Waals surface area (Å²) in [5.74, 6) is 2.15. The highest BCUT2D eigenvalue weighted by atomic mass is 16.3. The fraction of sp³-hybridized carbons (Fsp3) is 0.733. The molecule has 2 heterocycles. The third kappa shape index (κ3) is 3.59. The van der Waals surface area contributed by atoms with Crippen LogP contribution in [0, 0.1) is 0 Å². The molecule has 102 valence electrons. The summed E-state index contributed by atoms with van der Waals surface area (Å²) < 4.78 is 5.86. The second-order valence-electron chi connectivity index (χ2n) is 5.28. The van der Waals surface area contributed by atoms with Crippen molar-refractivity contribution in [2.75, 3.05) is 13.6 Å². The first-order chi connectivity index (χ1) is 8.83. The largest absolute Gasteiger partial charge is 0.463 e. The van der Waals surface area contributed by atoms with E-state index in [-0.39, 0.29) is 0 Å². The average Bonchev–Trinajstić information content (AvgIpc) is 2.69. The molecule has 0 saturated carbocycles. The molecule has 0 spiro atoms. The molecule has 3 nitrogen and oxygen atoms in total. The fourth-order valence-corrected chi connectivity index (χ4v) is 2.88. The highest BCUT2D eigenvalue weighted by molar-refractivity contribution is 5.07. The maximum absolute atomic E-state index is 5.86. The van der Waals surface area contributed by atoms with Gasteiger partial charge in [0, 0.05) is 6.04 Å². The monoisotopic (exact) mass is 250 g/mol. The number of hydrogen-bond donors (Lipinski definition) is 1. The van der Waals surface area contributed by atoms with Crippen molar-refractivity contribution in [1.82, 2.24) is 10.2 Å². The van der Waals surface area contributed by atoms with Crippen molar-refractivity contribution in [3.8, 4) is 0 Å². The molecule has 1 atom stereocenters. The molecule has 1 aromatic rings.